The molecule has 1 atom stereocenters. The first kappa shape index (κ1) is 13.5. The van der Waals surface area contributed by atoms with E-state index in [0.717, 1.165) is 5.56 Å². The summed E-state index contributed by atoms with van der Waals surface area (Å²) in [4.78, 5) is 16.0. The van der Waals surface area contributed by atoms with Crippen molar-refractivity contribution in [1.29, 1.82) is 0 Å². The summed E-state index contributed by atoms with van der Waals surface area (Å²) >= 11 is 5.80. The Bertz CT molecular complexity index is 406. The second-order valence-corrected chi connectivity index (χ2v) is 3.95. The van der Waals surface area contributed by atoms with E-state index >= 15 is 0 Å². The zero-order valence-corrected chi connectivity index (χ0v) is 10.5. The molecule has 0 saturated carbocycles. The predicted octanol–water partition coefficient (Wildman–Crippen LogP) is 2.50. The number of rotatable bonds is 5. The first-order chi connectivity index (χ1) is 8.13. The van der Waals surface area contributed by atoms with E-state index in [1.807, 2.05) is 12.1 Å². The molecule has 0 amide bonds. The Morgan fingerprint density at radius 1 is 1.59 bits per heavy atom. The molecule has 5 heteroatoms. The maximum atomic E-state index is 11.0. The van der Waals surface area contributed by atoms with Crippen molar-refractivity contribution in [2.75, 3.05) is 13.7 Å². The number of carbonyl (C=O) groups is 1. The van der Waals surface area contributed by atoms with Crippen LogP contribution in [0.2, 0.25) is 5.02 Å². The van der Waals surface area contributed by atoms with Crippen LogP contribution in [0.5, 0.6) is 0 Å². The van der Waals surface area contributed by atoms with E-state index in [2.05, 4.69) is 9.89 Å². The SMILES string of the molecule is COC(=O)[C@H](C)CO/N=C/c1cccc(Cl)c1. The van der Waals surface area contributed by atoms with Gasteiger partial charge < -0.3 is 9.57 Å². The minimum atomic E-state index is -0.337. The summed E-state index contributed by atoms with van der Waals surface area (Å²) in [5, 5.41) is 4.38. The van der Waals surface area contributed by atoms with Gasteiger partial charge in [0.25, 0.3) is 0 Å². The van der Waals surface area contributed by atoms with Crippen LogP contribution in [-0.2, 0) is 14.4 Å². The number of halogens is 1. The summed E-state index contributed by atoms with van der Waals surface area (Å²) in [6, 6.07) is 7.21. The molecule has 17 heavy (non-hydrogen) atoms. The van der Waals surface area contributed by atoms with Crippen molar-refractivity contribution in [2.45, 2.75) is 6.92 Å². The topological polar surface area (TPSA) is 47.9 Å². The third kappa shape index (κ3) is 4.87. The van der Waals surface area contributed by atoms with Crippen LogP contribution in [-0.4, -0.2) is 25.9 Å². The zero-order valence-electron chi connectivity index (χ0n) is 9.72. The molecule has 92 valence electrons. The van der Waals surface area contributed by atoms with Crippen LogP contribution in [0.1, 0.15) is 12.5 Å². The summed E-state index contributed by atoms with van der Waals surface area (Å²) in [6.07, 6.45) is 1.54. The number of oxime groups is 1. The molecule has 0 aliphatic carbocycles. The van der Waals surface area contributed by atoms with Crippen LogP contribution >= 0.6 is 11.6 Å². The quantitative estimate of drug-likeness (QED) is 0.461. The molecule has 0 aliphatic heterocycles. The highest BCUT2D eigenvalue weighted by Gasteiger charge is 2.12. The summed E-state index contributed by atoms with van der Waals surface area (Å²) in [5.74, 6) is -0.653. The molecule has 0 radical (unpaired) electrons. The maximum absolute atomic E-state index is 11.0. The van der Waals surface area contributed by atoms with E-state index in [9.17, 15) is 4.79 Å². The summed E-state index contributed by atoms with van der Waals surface area (Å²) in [6.45, 7) is 1.89. The molecule has 0 fully saturated rings. The number of esters is 1. The minimum absolute atomic E-state index is 0.184. The van der Waals surface area contributed by atoms with E-state index in [1.54, 1.807) is 19.1 Å². The van der Waals surface area contributed by atoms with Gasteiger partial charge in [-0.1, -0.05) is 28.9 Å². The lowest BCUT2D eigenvalue weighted by Gasteiger charge is -2.06. The highest BCUT2D eigenvalue weighted by Crippen LogP contribution is 2.08. The fraction of sp³-hybridized carbons (Fsp3) is 0.333. The number of carbonyl (C=O) groups excluding carboxylic acids is 1. The monoisotopic (exact) mass is 255 g/mol. The number of nitrogens with zero attached hydrogens (tertiary/aromatic N) is 1. The minimum Gasteiger partial charge on any atom is -0.469 e. The van der Waals surface area contributed by atoms with Gasteiger partial charge in [-0.2, -0.15) is 0 Å². The summed E-state index contributed by atoms with van der Waals surface area (Å²) in [7, 11) is 1.34. The van der Waals surface area contributed by atoms with E-state index in [4.69, 9.17) is 16.4 Å². The number of methoxy groups -OCH3 is 1. The van der Waals surface area contributed by atoms with Crippen molar-refractivity contribution in [3.05, 3.63) is 34.9 Å². The second kappa shape index (κ2) is 6.91. The molecular weight excluding hydrogens is 242 g/mol. The van der Waals surface area contributed by atoms with Gasteiger partial charge in [0.1, 0.15) is 6.61 Å². The molecule has 4 nitrogen and oxygen atoms in total. The molecule has 0 spiro atoms. The van der Waals surface area contributed by atoms with Gasteiger partial charge in [-0.15, -0.1) is 0 Å². The lowest BCUT2D eigenvalue weighted by molar-refractivity contribution is -0.146. The predicted molar refractivity (Wildman–Crippen MR) is 66.2 cm³/mol. The molecule has 1 aromatic rings. The van der Waals surface area contributed by atoms with Gasteiger partial charge in [0.05, 0.1) is 19.2 Å². The fourth-order valence-corrected chi connectivity index (χ4v) is 1.31. The van der Waals surface area contributed by atoms with Crippen molar-refractivity contribution < 1.29 is 14.4 Å². The normalized spacial score (nSPS) is 12.4. The van der Waals surface area contributed by atoms with E-state index in [0.29, 0.717) is 5.02 Å². The Balaban J connectivity index is 2.38. The van der Waals surface area contributed by atoms with E-state index in [-0.39, 0.29) is 18.5 Å². The number of hydrogen-bond donors (Lipinski definition) is 0. The van der Waals surface area contributed by atoms with Crippen molar-refractivity contribution in [3.8, 4) is 0 Å². The standard InChI is InChI=1S/C12H14ClNO3/c1-9(12(15)16-2)8-17-14-7-10-4-3-5-11(13)6-10/h3-7,9H,8H2,1-2H3/b14-7+/t9-/m1/s1. The van der Waals surface area contributed by atoms with Crippen LogP contribution in [0.25, 0.3) is 0 Å². The molecule has 0 N–H and O–H groups in total. The number of benzene rings is 1. The lowest BCUT2D eigenvalue weighted by Crippen LogP contribution is -2.17. The first-order valence-electron chi connectivity index (χ1n) is 5.12. The third-order valence-electron chi connectivity index (χ3n) is 2.05. The molecular formula is C12H14ClNO3. The van der Waals surface area contributed by atoms with Gasteiger partial charge in [0.15, 0.2) is 0 Å². The summed E-state index contributed by atoms with van der Waals surface area (Å²) < 4.78 is 4.55. The first-order valence-corrected chi connectivity index (χ1v) is 5.50. The van der Waals surface area contributed by atoms with Crippen LogP contribution in [0.4, 0.5) is 0 Å². The van der Waals surface area contributed by atoms with Crippen molar-refractivity contribution in [1.82, 2.24) is 0 Å². The maximum Gasteiger partial charge on any atom is 0.311 e. The highest BCUT2D eigenvalue weighted by atomic mass is 35.5. The number of ether oxygens (including phenoxy) is 1. The Labute approximate surface area is 105 Å². The Kier molecular flexibility index (Phi) is 5.49. The molecule has 0 aliphatic rings. The molecule has 0 heterocycles. The number of hydrogen-bond acceptors (Lipinski definition) is 4. The van der Waals surface area contributed by atoms with Gasteiger partial charge in [-0.3, -0.25) is 4.79 Å². The zero-order chi connectivity index (χ0) is 12.7. The van der Waals surface area contributed by atoms with Crippen LogP contribution in [0.3, 0.4) is 0 Å². The van der Waals surface area contributed by atoms with Gasteiger partial charge >= 0.3 is 5.97 Å². The molecule has 0 unspecified atom stereocenters. The average Bonchev–Trinajstić information content (AvgIpc) is 2.33. The average molecular weight is 256 g/mol. The Morgan fingerprint density at radius 3 is 3.00 bits per heavy atom. The van der Waals surface area contributed by atoms with E-state index < -0.39 is 0 Å². The fourth-order valence-electron chi connectivity index (χ4n) is 1.11. The van der Waals surface area contributed by atoms with E-state index in [1.165, 1.54) is 13.3 Å². The molecule has 0 bridgehead atoms. The van der Waals surface area contributed by atoms with Crippen LogP contribution < -0.4 is 0 Å². The third-order valence-corrected chi connectivity index (χ3v) is 2.29. The van der Waals surface area contributed by atoms with Crippen molar-refractivity contribution in [3.63, 3.8) is 0 Å². The molecule has 0 saturated heterocycles. The van der Waals surface area contributed by atoms with Gasteiger partial charge in [0.2, 0.25) is 0 Å². The Hall–Kier alpha value is -1.55. The smallest absolute Gasteiger partial charge is 0.311 e. The van der Waals surface area contributed by atoms with Gasteiger partial charge in [0, 0.05) is 5.02 Å². The van der Waals surface area contributed by atoms with Gasteiger partial charge in [-0.05, 0) is 24.6 Å². The van der Waals surface area contributed by atoms with Crippen molar-refractivity contribution in [2.24, 2.45) is 11.1 Å². The molecule has 1 rings (SSSR count). The van der Waals surface area contributed by atoms with Crippen LogP contribution in [0.15, 0.2) is 29.4 Å². The van der Waals surface area contributed by atoms with Crippen LogP contribution in [0, 0.1) is 5.92 Å². The summed E-state index contributed by atoms with van der Waals surface area (Å²) in [5.41, 5.74) is 0.836. The lowest BCUT2D eigenvalue weighted by atomic mass is 10.2. The molecule has 0 aromatic heterocycles. The van der Waals surface area contributed by atoms with Gasteiger partial charge in [-0.25, -0.2) is 0 Å². The Morgan fingerprint density at radius 2 is 2.35 bits per heavy atom. The largest absolute Gasteiger partial charge is 0.469 e. The van der Waals surface area contributed by atoms with Crippen molar-refractivity contribution >= 4 is 23.8 Å². The molecule has 1 aromatic carbocycles. The second-order valence-electron chi connectivity index (χ2n) is 3.51. The highest BCUT2D eigenvalue weighted by molar-refractivity contribution is 6.30.